The largest absolute Gasteiger partial charge is 0.378 e. The molecule has 0 unspecified atom stereocenters. The van der Waals surface area contributed by atoms with Gasteiger partial charge in [-0.15, -0.1) is 0 Å². The molecule has 102 valence electrons. The Morgan fingerprint density at radius 3 is 2.75 bits per heavy atom. The first-order chi connectivity index (χ1) is 9.65. The molecule has 0 saturated heterocycles. The summed E-state index contributed by atoms with van der Waals surface area (Å²) < 4.78 is 13.1. The highest BCUT2D eigenvalue weighted by atomic mass is 35.5. The lowest BCUT2D eigenvalue weighted by atomic mass is 10.2. The van der Waals surface area contributed by atoms with E-state index in [1.165, 1.54) is 12.1 Å². The van der Waals surface area contributed by atoms with Gasteiger partial charge in [-0.05, 0) is 29.8 Å². The van der Waals surface area contributed by atoms with Gasteiger partial charge in [-0.2, -0.15) is 0 Å². The fourth-order valence-corrected chi connectivity index (χ4v) is 2.65. The minimum absolute atomic E-state index is 0.257. The summed E-state index contributed by atoms with van der Waals surface area (Å²) in [5.41, 5.74) is 2.37. The van der Waals surface area contributed by atoms with Crippen LogP contribution in [0.15, 0.2) is 36.7 Å². The predicted octanol–water partition coefficient (Wildman–Crippen LogP) is 4.62. The molecule has 0 aliphatic carbocycles. The quantitative estimate of drug-likeness (QED) is 0.741. The van der Waals surface area contributed by atoms with E-state index in [1.807, 2.05) is 18.3 Å². The highest BCUT2D eigenvalue weighted by Crippen LogP contribution is 2.32. The molecule has 0 bridgehead atoms. The summed E-state index contributed by atoms with van der Waals surface area (Å²) in [6, 6.07) is 6.31. The van der Waals surface area contributed by atoms with E-state index >= 15 is 0 Å². The molecule has 0 radical (unpaired) electrons. The van der Waals surface area contributed by atoms with Crippen molar-refractivity contribution < 1.29 is 4.39 Å². The number of H-pyrrole nitrogens is 1. The number of nitrogens with zero attached hydrogens (tertiary/aromatic N) is 1. The van der Waals surface area contributed by atoms with E-state index in [1.54, 1.807) is 6.20 Å². The molecule has 0 aliphatic heterocycles. The lowest BCUT2D eigenvalue weighted by Crippen LogP contribution is -2.00. The highest BCUT2D eigenvalue weighted by Gasteiger charge is 2.09. The molecule has 1 aromatic carbocycles. The molecule has 0 saturated carbocycles. The summed E-state index contributed by atoms with van der Waals surface area (Å²) in [4.78, 5) is 7.30. The standard InChI is InChI=1S/C14H10Cl2FN3/c15-11-4-9(17)5-12(16)13(11)19-6-8-7-20-14-10(8)2-1-3-18-14/h1-5,7,19H,6H2,(H,18,20). The second-order valence-corrected chi connectivity index (χ2v) is 5.13. The van der Waals surface area contributed by atoms with Crippen molar-refractivity contribution >= 4 is 39.9 Å². The number of halogens is 3. The van der Waals surface area contributed by atoms with Gasteiger partial charge in [0.05, 0.1) is 15.7 Å². The summed E-state index contributed by atoms with van der Waals surface area (Å²) in [6.45, 7) is 0.511. The second kappa shape index (κ2) is 5.31. The van der Waals surface area contributed by atoms with E-state index in [-0.39, 0.29) is 10.0 Å². The summed E-state index contributed by atoms with van der Waals surface area (Å²) >= 11 is 12.0. The zero-order valence-corrected chi connectivity index (χ0v) is 11.8. The fourth-order valence-electron chi connectivity index (χ4n) is 2.05. The maximum Gasteiger partial charge on any atom is 0.137 e. The fraction of sp³-hybridized carbons (Fsp3) is 0.0714. The second-order valence-electron chi connectivity index (χ2n) is 4.31. The third kappa shape index (κ3) is 2.44. The molecule has 0 amide bonds. The van der Waals surface area contributed by atoms with E-state index in [0.717, 1.165) is 16.6 Å². The SMILES string of the molecule is Fc1cc(Cl)c(NCc2c[nH]c3ncccc23)c(Cl)c1. The molecule has 3 nitrogen and oxygen atoms in total. The number of benzene rings is 1. The zero-order chi connectivity index (χ0) is 14.1. The van der Waals surface area contributed by atoms with Gasteiger partial charge in [0, 0.05) is 24.3 Å². The molecule has 20 heavy (non-hydrogen) atoms. The van der Waals surface area contributed by atoms with E-state index in [0.29, 0.717) is 12.2 Å². The van der Waals surface area contributed by atoms with Crippen molar-refractivity contribution in [2.75, 3.05) is 5.32 Å². The molecule has 0 atom stereocenters. The van der Waals surface area contributed by atoms with Gasteiger partial charge in [-0.25, -0.2) is 9.37 Å². The normalized spacial score (nSPS) is 10.9. The van der Waals surface area contributed by atoms with Gasteiger partial charge in [-0.1, -0.05) is 23.2 Å². The molecule has 0 spiro atoms. The number of hydrogen-bond acceptors (Lipinski definition) is 2. The molecule has 6 heteroatoms. The van der Waals surface area contributed by atoms with Gasteiger partial charge < -0.3 is 10.3 Å². The lowest BCUT2D eigenvalue weighted by Gasteiger charge is -2.10. The van der Waals surface area contributed by atoms with E-state index < -0.39 is 5.82 Å². The first kappa shape index (κ1) is 13.2. The molecular formula is C14H10Cl2FN3. The molecule has 2 N–H and O–H groups in total. The van der Waals surface area contributed by atoms with Crippen LogP contribution in [0, 0.1) is 5.82 Å². The maximum atomic E-state index is 13.1. The number of rotatable bonds is 3. The van der Waals surface area contributed by atoms with E-state index in [2.05, 4.69) is 15.3 Å². The van der Waals surface area contributed by atoms with Gasteiger partial charge in [0.15, 0.2) is 0 Å². The highest BCUT2D eigenvalue weighted by molar-refractivity contribution is 6.39. The minimum Gasteiger partial charge on any atom is -0.378 e. The van der Waals surface area contributed by atoms with Crippen LogP contribution in [0.2, 0.25) is 10.0 Å². The van der Waals surface area contributed by atoms with Gasteiger partial charge in [0.1, 0.15) is 11.5 Å². The van der Waals surface area contributed by atoms with Crippen molar-refractivity contribution in [1.82, 2.24) is 9.97 Å². The Labute approximate surface area is 124 Å². The number of hydrogen-bond donors (Lipinski definition) is 2. The number of aromatic amines is 1. The van der Waals surface area contributed by atoms with Gasteiger partial charge >= 0.3 is 0 Å². The monoisotopic (exact) mass is 309 g/mol. The van der Waals surface area contributed by atoms with Crippen LogP contribution in [0.3, 0.4) is 0 Å². The molecular weight excluding hydrogens is 300 g/mol. The Morgan fingerprint density at radius 1 is 1.25 bits per heavy atom. The molecule has 3 aromatic rings. The third-order valence-electron chi connectivity index (χ3n) is 3.00. The summed E-state index contributed by atoms with van der Waals surface area (Å²) in [5.74, 6) is -0.457. The van der Waals surface area contributed by atoms with Crippen LogP contribution in [0.1, 0.15) is 5.56 Å². The van der Waals surface area contributed by atoms with Crippen molar-refractivity contribution in [3.8, 4) is 0 Å². The van der Waals surface area contributed by atoms with Gasteiger partial charge in [0.2, 0.25) is 0 Å². The Kier molecular flexibility index (Phi) is 3.51. The topological polar surface area (TPSA) is 40.7 Å². The molecule has 2 aromatic heterocycles. The molecule has 0 aliphatic rings. The van der Waals surface area contributed by atoms with E-state index in [4.69, 9.17) is 23.2 Å². The van der Waals surface area contributed by atoms with Crippen LogP contribution in [-0.2, 0) is 6.54 Å². The van der Waals surface area contributed by atoms with Crippen molar-refractivity contribution in [2.45, 2.75) is 6.54 Å². The molecule has 2 heterocycles. The smallest absolute Gasteiger partial charge is 0.137 e. The number of anilines is 1. The van der Waals surface area contributed by atoms with Crippen LogP contribution >= 0.6 is 23.2 Å². The van der Waals surface area contributed by atoms with Crippen molar-refractivity contribution in [3.63, 3.8) is 0 Å². The number of fused-ring (bicyclic) bond motifs is 1. The lowest BCUT2D eigenvalue weighted by molar-refractivity contribution is 0.628. The average Bonchev–Trinajstić information content (AvgIpc) is 2.81. The van der Waals surface area contributed by atoms with Crippen LogP contribution in [0.4, 0.5) is 10.1 Å². The maximum absolute atomic E-state index is 13.1. The predicted molar refractivity (Wildman–Crippen MR) is 79.8 cm³/mol. The summed E-state index contributed by atoms with van der Waals surface area (Å²) in [5, 5.41) is 4.66. The van der Waals surface area contributed by atoms with Gasteiger partial charge in [0.25, 0.3) is 0 Å². The van der Waals surface area contributed by atoms with Crippen LogP contribution in [0.5, 0.6) is 0 Å². The van der Waals surface area contributed by atoms with Crippen LogP contribution in [0.25, 0.3) is 11.0 Å². The van der Waals surface area contributed by atoms with E-state index in [9.17, 15) is 4.39 Å². The van der Waals surface area contributed by atoms with Crippen molar-refractivity contribution in [2.24, 2.45) is 0 Å². The van der Waals surface area contributed by atoms with Gasteiger partial charge in [-0.3, -0.25) is 0 Å². The first-order valence-electron chi connectivity index (χ1n) is 5.94. The van der Waals surface area contributed by atoms with Crippen LogP contribution < -0.4 is 5.32 Å². The van der Waals surface area contributed by atoms with Crippen molar-refractivity contribution in [1.29, 1.82) is 0 Å². The minimum atomic E-state index is -0.457. The number of aromatic nitrogens is 2. The Morgan fingerprint density at radius 2 is 2.00 bits per heavy atom. The van der Waals surface area contributed by atoms with Crippen LogP contribution in [-0.4, -0.2) is 9.97 Å². The Hall–Kier alpha value is -1.78. The first-order valence-corrected chi connectivity index (χ1v) is 6.70. The number of nitrogens with one attached hydrogen (secondary N) is 2. The summed E-state index contributed by atoms with van der Waals surface area (Å²) in [7, 11) is 0. The zero-order valence-electron chi connectivity index (χ0n) is 10.3. The summed E-state index contributed by atoms with van der Waals surface area (Å²) in [6.07, 6.45) is 3.60. The third-order valence-corrected chi connectivity index (χ3v) is 3.60. The molecule has 0 fully saturated rings. The Bertz CT molecular complexity index is 747. The average molecular weight is 310 g/mol. The van der Waals surface area contributed by atoms with Crippen molar-refractivity contribution in [3.05, 3.63) is 58.1 Å². The Balaban J connectivity index is 1.87. The molecule has 3 rings (SSSR count). The number of pyridine rings is 1.